The number of hydrogen-bond donors (Lipinski definition) is 1. The Kier molecular flexibility index (Phi) is 6.49. The molecule has 0 unspecified atom stereocenters. The van der Waals surface area contributed by atoms with Crippen molar-refractivity contribution >= 4 is 40.1 Å². The van der Waals surface area contributed by atoms with Crippen molar-refractivity contribution in [2.45, 2.75) is 25.9 Å². The molecule has 0 bridgehead atoms. The van der Waals surface area contributed by atoms with E-state index < -0.39 is 11.6 Å². The van der Waals surface area contributed by atoms with Crippen LogP contribution in [0.4, 0.5) is 5.69 Å². The first-order valence-electron chi connectivity index (χ1n) is 9.31. The molecule has 7 heteroatoms. The van der Waals surface area contributed by atoms with Gasteiger partial charge in [0.15, 0.2) is 0 Å². The minimum atomic E-state index is -0.512. The SMILES string of the molecule is CC[C@@]1(C)N=C(SCC(=O)Nc2ccccc2C(=O)OC)C(c2ccccc2)=N1. The lowest BCUT2D eigenvalue weighted by Gasteiger charge is -2.13. The quantitative estimate of drug-likeness (QED) is 0.726. The zero-order valence-electron chi connectivity index (χ0n) is 16.6. The number of methoxy groups -OCH3 is 1. The Bertz CT molecular complexity index is 972. The smallest absolute Gasteiger partial charge is 0.339 e. The predicted molar refractivity (Wildman–Crippen MR) is 118 cm³/mol. The van der Waals surface area contributed by atoms with Crippen LogP contribution in [-0.2, 0) is 9.53 Å². The topological polar surface area (TPSA) is 80.1 Å². The summed E-state index contributed by atoms with van der Waals surface area (Å²) in [6.07, 6.45) is 0.770. The number of carbonyl (C=O) groups excluding carboxylic acids is 2. The number of anilines is 1. The fourth-order valence-electron chi connectivity index (χ4n) is 2.83. The second-order valence-corrected chi connectivity index (χ2v) is 7.65. The van der Waals surface area contributed by atoms with Crippen LogP contribution in [0.2, 0.25) is 0 Å². The van der Waals surface area contributed by atoms with Gasteiger partial charge in [-0.15, -0.1) is 0 Å². The normalized spacial score (nSPS) is 18.0. The molecular weight excluding hydrogens is 386 g/mol. The molecule has 1 aliphatic rings. The molecular formula is C22H23N3O3S. The van der Waals surface area contributed by atoms with Gasteiger partial charge in [0.1, 0.15) is 10.7 Å². The van der Waals surface area contributed by atoms with Crippen molar-refractivity contribution in [3.63, 3.8) is 0 Å². The standard InChI is InChI=1S/C22H23N3O3S/c1-4-22(2)24-19(15-10-6-5-7-11-15)20(25-22)29-14-18(26)23-17-13-9-8-12-16(17)21(27)28-3/h5-13H,4,14H2,1-3H3,(H,23,26)/t22-/m1/s1. The highest BCUT2D eigenvalue weighted by atomic mass is 32.2. The lowest BCUT2D eigenvalue weighted by atomic mass is 10.1. The van der Waals surface area contributed by atoms with Crippen molar-refractivity contribution in [1.29, 1.82) is 0 Å². The molecule has 1 atom stereocenters. The van der Waals surface area contributed by atoms with Crippen molar-refractivity contribution < 1.29 is 14.3 Å². The van der Waals surface area contributed by atoms with E-state index in [0.29, 0.717) is 11.3 Å². The molecule has 1 heterocycles. The predicted octanol–water partition coefficient (Wildman–Crippen LogP) is 4.17. The van der Waals surface area contributed by atoms with Crippen LogP contribution in [0.25, 0.3) is 0 Å². The summed E-state index contributed by atoms with van der Waals surface area (Å²) < 4.78 is 4.77. The molecule has 0 aromatic heterocycles. The van der Waals surface area contributed by atoms with Crippen LogP contribution >= 0.6 is 11.8 Å². The van der Waals surface area contributed by atoms with Gasteiger partial charge < -0.3 is 10.1 Å². The van der Waals surface area contributed by atoms with Gasteiger partial charge in [-0.2, -0.15) is 0 Å². The van der Waals surface area contributed by atoms with Crippen LogP contribution in [-0.4, -0.2) is 41.2 Å². The van der Waals surface area contributed by atoms with E-state index in [4.69, 9.17) is 14.7 Å². The molecule has 0 radical (unpaired) electrons. The Morgan fingerprint density at radius 3 is 2.45 bits per heavy atom. The van der Waals surface area contributed by atoms with Crippen molar-refractivity contribution in [1.82, 2.24) is 0 Å². The van der Waals surface area contributed by atoms with E-state index in [2.05, 4.69) is 5.32 Å². The summed E-state index contributed by atoms with van der Waals surface area (Å²) in [5.41, 5.74) is 2.02. The van der Waals surface area contributed by atoms with Gasteiger partial charge in [-0.1, -0.05) is 61.2 Å². The van der Waals surface area contributed by atoms with Gasteiger partial charge in [-0.25, -0.2) is 9.79 Å². The van der Waals surface area contributed by atoms with E-state index in [9.17, 15) is 9.59 Å². The number of aliphatic imine (C=N–C) groups is 2. The molecule has 0 spiro atoms. The largest absolute Gasteiger partial charge is 0.465 e. The Hall–Kier alpha value is -2.93. The first kappa shape index (κ1) is 20.8. The fraction of sp³-hybridized carbons (Fsp3) is 0.273. The molecule has 0 fully saturated rings. The number of para-hydroxylation sites is 1. The van der Waals surface area contributed by atoms with Crippen molar-refractivity contribution in [3.05, 3.63) is 65.7 Å². The number of benzene rings is 2. The maximum absolute atomic E-state index is 12.5. The summed E-state index contributed by atoms with van der Waals surface area (Å²) in [5.74, 6) is -0.572. The van der Waals surface area contributed by atoms with Crippen LogP contribution in [0.3, 0.4) is 0 Å². The first-order valence-corrected chi connectivity index (χ1v) is 10.3. The first-order chi connectivity index (χ1) is 14.0. The summed E-state index contributed by atoms with van der Waals surface area (Å²) in [6, 6.07) is 16.6. The average Bonchev–Trinajstić information content (AvgIpc) is 3.10. The van der Waals surface area contributed by atoms with E-state index in [1.807, 2.05) is 44.2 Å². The van der Waals surface area contributed by atoms with Crippen LogP contribution in [0.1, 0.15) is 36.2 Å². The minimum absolute atomic E-state index is 0.153. The molecule has 6 nitrogen and oxygen atoms in total. The number of nitrogens with one attached hydrogen (secondary N) is 1. The molecule has 150 valence electrons. The Labute approximate surface area is 174 Å². The number of amides is 1. The van der Waals surface area contributed by atoms with E-state index in [1.54, 1.807) is 24.3 Å². The number of carbonyl (C=O) groups is 2. The van der Waals surface area contributed by atoms with Gasteiger partial charge in [0.2, 0.25) is 5.91 Å². The van der Waals surface area contributed by atoms with E-state index >= 15 is 0 Å². The van der Waals surface area contributed by atoms with Crippen LogP contribution in [0, 0.1) is 0 Å². The summed E-state index contributed by atoms with van der Waals surface area (Å²) >= 11 is 1.34. The summed E-state index contributed by atoms with van der Waals surface area (Å²) in [5, 5.41) is 3.53. The average molecular weight is 410 g/mol. The Balaban J connectivity index is 1.72. The van der Waals surface area contributed by atoms with Gasteiger partial charge in [0.05, 0.1) is 29.8 Å². The van der Waals surface area contributed by atoms with Crippen LogP contribution in [0.15, 0.2) is 64.6 Å². The summed E-state index contributed by atoms with van der Waals surface area (Å²) in [7, 11) is 1.31. The maximum atomic E-state index is 12.5. The van der Waals surface area contributed by atoms with Crippen LogP contribution in [0.5, 0.6) is 0 Å². The van der Waals surface area contributed by atoms with Gasteiger partial charge in [0, 0.05) is 5.56 Å². The highest BCUT2D eigenvalue weighted by Gasteiger charge is 2.31. The number of rotatable bonds is 6. The summed E-state index contributed by atoms with van der Waals surface area (Å²) in [6.45, 7) is 4.02. The van der Waals surface area contributed by atoms with E-state index in [0.717, 1.165) is 22.7 Å². The highest BCUT2D eigenvalue weighted by molar-refractivity contribution is 8.16. The molecule has 1 N–H and O–H groups in total. The third kappa shape index (κ3) is 4.92. The molecule has 1 aliphatic heterocycles. The molecule has 2 aromatic rings. The van der Waals surface area contributed by atoms with Crippen molar-refractivity contribution in [2.24, 2.45) is 9.98 Å². The Morgan fingerprint density at radius 2 is 1.76 bits per heavy atom. The molecule has 2 aromatic carbocycles. The molecule has 0 saturated heterocycles. The third-order valence-electron chi connectivity index (χ3n) is 4.56. The van der Waals surface area contributed by atoms with Crippen molar-refractivity contribution in [3.8, 4) is 0 Å². The Morgan fingerprint density at radius 1 is 1.07 bits per heavy atom. The van der Waals surface area contributed by atoms with Crippen molar-refractivity contribution in [2.75, 3.05) is 18.2 Å². The van der Waals surface area contributed by atoms with Crippen LogP contribution < -0.4 is 5.32 Å². The zero-order valence-corrected chi connectivity index (χ0v) is 17.5. The van der Waals surface area contributed by atoms with Gasteiger partial charge in [0.25, 0.3) is 0 Å². The fourth-order valence-corrected chi connectivity index (χ4v) is 3.73. The monoisotopic (exact) mass is 409 g/mol. The van der Waals surface area contributed by atoms with Gasteiger partial charge >= 0.3 is 5.97 Å². The van der Waals surface area contributed by atoms with Gasteiger partial charge in [-0.3, -0.25) is 9.79 Å². The number of hydrogen-bond acceptors (Lipinski definition) is 6. The molecule has 29 heavy (non-hydrogen) atoms. The molecule has 0 saturated carbocycles. The molecule has 0 aliphatic carbocycles. The number of ether oxygens (including phenoxy) is 1. The summed E-state index contributed by atoms with van der Waals surface area (Å²) in [4.78, 5) is 34.0. The second kappa shape index (κ2) is 9.05. The van der Waals surface area contributed by atoms with E-state index in [-0.39, 0.29) is 11.7 Å². The second-order valence-electron chi connectivity index (χ2n) is 6.69. The molecule has 3 rings (SSSR count). The lowest BCUT2D eigenvalue weighted by Crippen LogP contribution is -2.19. The highest BCUT2D eigenvalue weighted by Crippen LogP contribution is 2.29. The minimum Gasteiger partial charge on any atom is -0.465 e. The van der Waals surface area contributed by atoms with E-state index in [1.165, 1.54) is 18.9 Å². The zero-order chi connectivity index (χ0) is 20.9. The number of esters is 1. The number of thioether (sulfide) groups is 1. The van der Waals surface area contributed by atoms with Gasteiger partial charge in [-0.05, 0) is 25.5 Å². The maximum Gasteiger partial charge on any atom is 0.339 e. The third-order valence-corrected chi connectivity index (χ3v) is 5.53. The lowest BCUT2D eigenvalue weighted by molar-refractivity contribution is -0.113. The molecule has 1 amide bonds. The number of nitrogens with zero attached hydrogens (tertiary/aromatic N) is 2.